The lowest BCUT2D eigenvalue weighted by Gasteiger charge is -2.08. The number of halogens is 2. The maximum atomic E-state index is 12.7. The predicted molar refractivity (Wildman–Crippen MR) is 70.1 cm³/mol. The summed E-state index contributed by atoms with van der Waals surface area (Å²) >= 11 is 6.02. The van der Waals surface area contributed by atoms with Crippen LogP contribution in [0.3, 0.4) is 0 Å². The Labute approximate surface area is 110 Å². The van der Waals surface area contributed by atoms with Gasteiger partial charge in [0.1, 0.15) is 18.2 Å². The number of rotatable bonds is 4. The first kappa shape index (κ1) is 12.9. The van der Waals surface area contributed by atoms with Gasteiger partial charge >= 0.3 is 0 Å². The van der Waals surface area contributed by atoms with Gasteiger partial charge in [-0.25, -0.2) is 4.39 Å². The molecule has 2 nitrogen and oxygen atoms in total. The summed E-state index contributed by atoms with van der Waals surface area (Å²) in [7, 11) is 0. The van der Waals surface area contributed by atoms with Gasteiger partial charge in [-0.3, -0.25) is 0 Å². The average molecular weight is 266 g/mol. The molecule has 2 aromatic carbocycles. The monoisotopic (exact) mass is 265 g/mol. The van der Waals surface area contributed by atoms with Crippen LogP contribution in [-0.4, -0.2) is 0 Å². The second-order valence-corrected chi connectivity index (χ2v) is 4.28. The van der Waals surface area contributed by atoms with E-state index >= 15 is 0 Å². The normalized spacial score (nSPS) is 10.4. The number of nitrogens with two attached hydrogens (primary N) is 1. The van der Waals surface area contributed by atoms with Crippen molar-refractivity contribution in [2.75, 3.05) is 0 Å². The lowest BCUT2D eigenvalue weighted by molar-refractivity contribution is 0.306. The molecular weight excluding hydrogens is 253 g/mol. The fraction of sp³-hybridized carbons (Fsp3) is 0.143. The molecule has 2 N–H and O–H groups in total. The maximum Gasteiger partial charge on any atom is 0.123 e. The van der Waals surface area contributed by atoms with Gasteiger partial charge in [0, 0.05) is 11.6 Å². The fourth-order valence-electron chi connectivity index (χ4n) is 1.53. The Kier molecular flexibility index (Phi) is 4.18. The number of benzene rings is 2. The highest BCUT2D eigenvalue weighted by atomic mass is 35.5. The largest absolute Gasteiger partial charge is 0.489 e. The third-order valence-corrected chi connectivity index (χ3v) is 2.92. The summed E-state index contributed by atoms with van der Waals surface area (Å²) in [6.07, 6.45) is 0. The maximum absolute atomic E-state index is 12.7. The van der Waals surface area contributed by atoms with Gasteiger partial charge in [0.2, 0.25) is 0 Å². The summed E-state index contributed by atoms with van der Waals surface area (Å²) in [5.41, 5.74) is 7.30. The highest BCUT2D eigenvalue weighted by molar-refractivity contribution is 6.31. The van der Waals surface area contributed by atoms with Crippen LogP contribution in [0, 0.1) is 5.82 Å². The first-order valence-corrected chi connectivity index (χ1v) is 5.92. The molecule has 4 heteroatoms. The van der Waals surface area contributed by atoms with Crippen molar-refractivity contribution in [3.8, 4) is 5.75 Å². The molecule has 0 aromatic heterocycles. The third-order valence-electron chi connectivity index (χ3n) is 2.56. The van der Waals surface area contributed by atoms with Gasteiger partial charge in [0.05, 0.1) is 0 Å². The predicted octanol–water partition coefficient (Wildman–Crippen LogP) is 3.52. The molecule has 0 bridgehead atoms. The van der Waals surface area contributed by atoms with E-state index in [0.29, 0.717) is 23.9 Å². The summed E-state index contributed by atoms with van der Waals surface area (Å²) in [5.74, 6) is 0.413. The highest BCUT2D eigenvalue weighted by Crippen LogP contribution is 2.22. The molecule has 0 aliphatic carbocycles. The standard InChI is InChI=1S/C14H13ClFNO/c15-14-7-13(6-3-11(14)8-17)18-9-10-1-4-12(16)5-2-10/h1-7H,8-9,17H2. The molecular formula is C14H13ClFNO. The van der Waals surface area contributed by atoms with E-state index in [4.69, 9.17) is 22.1 Å². The van der Waals surface area contributed by atoms with Crippen LogP contribution in [0.4, 0.5) is 4.39 Å². The van der Waals surface area contributed by atoms with E-state index in [9.17, 15) is 4.39 Å². The Hall–Kier alpha value is -1.58. The van der Waals surface area contributed by atoms with E-state index in [1.165, 1.54) is 12.1 Å². The Morgan fingerprint density at radius 3 is 2.44 bits per heavy atom. The molecule has 0 aliphatic rings. The fourth-order valence-corrected chi connectivity index (χ4v) is 1.78. The average Bonchev–Trinajstić information content (AvgIpc) is 2.38. The minimum atomic E-state index is -0.255. The Morgan fingerprint density at radius 1 is 1.11 bits per heavy atom. The SMILES string of the molecule is NCc1ccc(OCc2ccc(F)cc2)cc1Cl. The quantitative estimate of drug-likeness (QED) is 0.918. The van der Waals surface area contributed by atoms with Gasteiger partial charge in [0.25, 0.3) is 0 Å². The van der Waals surface area contributed by atoms with Gasteiger partial charge in [-0.1, -0.05) is 29.8 Å². The topological polar surface area (TPSA) is 35.2 Å². The van der Waals surface area contributed by atoms with Crippen molar-refractivity contribution in [3.63, 3.8) is 0 Å². The molecule has 2 aromatic rings. The van der Waals surface area contributed by atoms with Crippen molar-refractivity contribution in [3.05, 3.63) is 64.4 Å². The van der Waals surface area contributed by atoms with Gasteiger partial charge in [0.15, 0.2) is 0 Å². The van der Waals surface area contributed by atoms with Crippen LogP contribution in [0.15, 0.2) is 42.5 Å². The number of hydrogen-bond acceptors (Lipinski definition) is 2. The molecule has 0 aliphatic heterocycles. The summed E-state index contributed by atoms with van der Waals surface area (Å²) in [6.45, 7) is 0.773. The Morgan fingerprint density at radius 2 is 1.83 bits per heavy atom. The van der Waals surface area contributed by atoms with Gasteiger partial charge < -0.3 is 10.5 Å². The van der Waals surface area contributed by atoms with Crippen molar-refractivity contribution in [1.82, 2.24) is 0 Å². The molecule has 0 saturated heterocycles. The van der Waals surface area contributed by atoms with E-state index in [0.717, 1.165) is 11.1 Å². The lowest BCUT2D eigenvalue weighted by atomic mass is 10.2. The van der Waals surface area contributed by atoms with Gasteiger partial charge in [-0.05, 0) is 35.4 Å². The van der Waals surface area contributed by atoms with Crippen LogP contribution in [0.1, 0.15) is 11.1 Å². The number of ether oxygens (including phenoxy) is 1. The minimum Gasteiger partial charge on any atom is -0.489 e. The smallest absolute Gasteiger partial charge is 0.123 e. The van der Waals surface area contributed by atoms with Crippen LogP contribution in [0.2, 0.25) is 5.02 Å². The summed E-state index contributed by atoms with van der Waals surface area (Å²) < 4.78 is 18.3. The van der Waals surface area contributed by atoms with Crippen LogP contribution in [0.5, 0.6) is 5.75 Å². The molecule has 0 saturated carbocycles. The summed E-state index contributed by atoms with van der Waals surface area (Å²) in [4.78, 5) is 0. The first-order valence-electron chi connectivity index (χ1n) is 5.55. The second kappa shape index (κ2) is 5.85. The van der Waals surface area contributed by atoms with Crippen LogP contribution in [-0.2, 0) is 13.2 Å². The zero-order valence-electron chi connectivity index (χ0n) is 9.70. The highest BCUT2D eigenvalue weighted by Gasteiger charge is 2.02. The molecule has 0 spiro atoms. The molecule has 2 rings (SSSR count). The molecule has 94 valence electrons. The molecule has 0 amide bonds. The molecule has 0 atom stereocenters. The van der Waals surface area contributed by atoms with E-state index in [1.807, 2.05) is 12.1 Å². The Balaban J connectivity index is 2.02. The molecule has 0 unspecified atom stereocenters. The van der Waals surface area contributed by atoms with Crippen LogP contribution >= 0.6 is 11.6 Å². The van der Waals surface area contributed by atoms with Gasteiger partial charge in [-0.15, -0.1) is 0 Å². The van der Waals surface area contributed by atoms with Crippen LogP contribution < -0.4 is 10.5 Å². The summed E-state index contributed by atoms with van der Waals surface area (Å²) in [6, 6.07) is 11.6. The van der Waals surface area contributed by atoms with Crippen molar-refractivity contribution in [1.29, 1.82) is 0 Å². The first-order chi connectivity index (χ1) is 8.69. The molecule has 0 heterocycles. The third kappa shape index (κ3) is 3.22. The van der Waals surface area contributed by atoms with Crippen LogP contribution in [0.25, 0.3) is 0 Å². The molecule has 0 radical (unpaired) electrons. The second-order valence-electron chi connectivity index (χ2n) is 3.87. The zero-order valence-corrected chi connectivity index (χ0v) is 10.5. The minimum absolute atomic E-state index is 0.255. The van der Waals surface area contributed by atoms with Crippen molar-refractivity contribution in [2.24, 2.45) is 5.73 Å². The molecule has 18 heavy (non-hydrogen) atoms. The van der Waals surface area contributed by atoms with E-state index < -0.39 is 0 Å². The number of hydrogen-bond donors (Lipinski definition) is 1. The van der Waals surface area contributed by atoms with E-state index in [2.05, 4.69) is 0 Å². The summed E-state index contributed by atoms with van der Waals surface area (Å²) in [5, 5.41) is 0.592. The van der Waals surface area contributed by atoms with Crippen molar-refractivity contribution < 1.29 is 9.13 Å². The van der Waals surface area contributed by atoms with E-state index in [1.54, 1.807) is 18.2 Å². The zero-order chi connectivity index (χ0) is 13.0. The van der Waals surface area contributed by atoms with Gasteiger partial charge in [-0.2, -0.15) is 0 Å². The van der Waals surface area contributed by atoms with Crippen molar-refractivity contribution in [2.45, 2.75) is 13.2 Å². The lowest BCUT2D eigenvalue weighted by Crippen LogP contribution is -1.99. The van der Waals surface area contributed by atoms with E-state index in [-0.39, 0.29) is 5.82 Å². The Bertz CT molecular complexity index is 528. The molecule has 0 fully saturated rings. The van der Waals surface area contributed by atoms with Crippen molar-refractivity contribution >= 4 is 11.6 Å².